The number of alkyl halides is 1. The molecule has 2 rings (SSSR count). The normalized spacial score (nSPS) is 12.4. The molecular formula is C15H13Br3. The van der Waals surface area contributed by atoms with Crippen LogP contribution in [-0.4, -0.2) is 0 Å². The second-order valence-electron chi connectivity index (χ2n) is 4.26. The molecule has 94 valence electrons. The predicted octanol–water partition coefficient (Wildman–Crippen LogP) is 6.20. The standard InChI is InChI=1S/C15H13Br3/c1-10-13(6-3-7-14(10)17)15(18)9-11-4-2-5-12(16)8-11/h2-8,15H,9H2,1H3. The fourth-order valence-electron chi connectivity index (χ4n) is 1.94. The molecule has 18 heavy (non-hydrogen) atoms. The SMILES string of the molecule is Cc1c(Br)cccc1C(Br)Cc1cccc(Br)c1. The molecule has 0 amide bonds. The Morgan fingerprint density at radius 2 is 1.78 bits per heavy atom. The minimum Gasteiger partial charge on any atom is -0.0835 e. The maximum absolute atomic E-state index is 3.80. The van der Waals surface area contributed by atoms with Gasteiger partial charge in [-0.15, -0.1) is 0 Å². The van der Waals surface area contributed by atoms with E-state index < -0.39 is 0 Å². The van der Waals surface area contributed by atoms with E-state index in [0.717, 1.165) is 10.9 Å². The molecule has 0 aromatic heterocycles. The van der Waals surface area contributed by atoms with Crippen molar-refractivity contribution in [1.29, 1.82) is 0 Å². The van der Waals surface area contributed by atoms with Crippen LogP contribution in [0.4, 0.5) is 0 Å². The van der Waals surface area contributed by atoms with Gasteiger partial charge < -0.3 is 0 Å². The summed E-state index contributed by atoms with van der Waals surface area (Å²) in [6, 6.07) is 14.8. The highest BCUT2D eigenvalue weighted by molar-refractivity contribution is 9.11. The summed E-state index contributed by atoms with van der Waals surface area (Å²) in [6.07, 6.45) is 0.983. The van der Waals surface area contributed by atoms with Crippen LogP contribution in [0.15, 0.2) is 51.4 Å². The fraction of sp³-hybridized carbons (Fsp3) is 0.200. The van der Waals surface area contributed by atoms with Crippen LogP contribution in [0.5, 0.6) is 0 Å². The van der Waals surface area contributed by atoms with E-state index in [1.165, 1.54) is 21.2 Å². The third-order valence-corrected chi connectivity index (χ3v) is 5.12. The first-order chi connectivity index (χ1) is 8.58. The maximum atomic E-state index is 3.80. The summed E-state index contributed by atoms with van der Waals surface area (Å²) in [4.78, 5) is 0.337. The molecule has 0 spiro atoms. The van der Waals surface area contributed by atoms with Crippen molar-refractivity contribution in [2.24, 2.45) is 0 Å². The van der Waals surface area contributed by atoms with Crippen molar-refractivity contribution in [3.05, 3.63) is 68.1 Å². The number of benzene rings is 2. The second kappa shape index (κ2) is 6.36. The molecule has 1 unspecified atom stereocenters. The summed E-state index contributed by atoms with van der Waals surface area (Å²) in [6.45, 7) is 2.15. The van der Waals surface area contributed by atoms with E-state index in [-0.39, 0.29) is 0 Å². The van der Waals surface area contributed by atoms with Crippen LogP contribution in [0.25, 0.3) is 0 Å². The molecule has 0 aliphatic carbocycles. The van der Waals surface area contributed by atoms with Crippen LogP contribution in [0.3, 0.4) is 0 Å². The Bertz CT molecular complexity index is 549. The van der Waals surface area contributed by atoms with E-state index in [0.29, 0.717) is 4.83 Å². The third kappa shape index (κ3) is 3.46. The van der Waals surface area contributed by atoms with Crippen molar-refractivity contribution in [3.63, 3.8) is 0 Å². The van der Waals surface area contributed by atoms with E-state index >= 15 is 0 Å². The van der Waals surface area contributed by atoms with Gasteiger partial charge >= 0.3 is 0 Å². The molecule has 0 saturated carbocycles. The van der Waals surface area contributed by atoms with Crippen molar-refractivity contribution in [2.75, 3.05) is 0 Å². The molecule has 0 saturated heterocycles. The minimum atomic E-state index is 0.337. The topological polar surface area (TPSA) is 0 Å². The first-order valence-corrected chi connectivity index (χ1v) is 8.21. The third-order valence-electron chi connectivity index (χ3n) is 2.95. The average molecular weight is 433 g/mol. The highest BCUT2D eigenvalue weighted by Crippen LogP contribution is 2.32. The zero-order valence-corrected chi connectivity index (χ0v) is 14.7. The van der Waals surface area contributed by atoms with Gasteiger partial charge in [0.05, 0.1) is 0 Å². The lowest BCUT2D eigenvalue weighted by molar-refractivity contribution is 0.935. The lowest BCUT2D eigenvalue weighted by Gasteiger charge is -2.14. The first kappa shape index (κ1) is 14.3. The van der Waals surface area contributed by atoms with Crippen LogP contribution in [-0.2, 0) is 6.42 Å². The quantitative estimate of drug-likeness (QED) is 0.506. The first-order valence-electron chi connectivity index (χ1n) is 5.71. The van der Waals surface area contributed by atoms with E-state index in [4.69, 9.17) is 0 Å². The number of rotatable bonds is 3. The van der Waals surface area contributed by atoms with Crippen molar-refractivity contribution in [1.82, 2.24) is 0 Å². The lowest BCUT2D eigenvalue weighted by Crippen LogP contribution is -1.98. The van der Waals surface area contributed by atoms with E-state index in [1.807, 2.05) is 0 Å². The van der Waals surface area contributed by atoms with E-state index in [1.54, 1.807) is 0 Å². The zero-order valence-electron chi connectivity index (χ0n) is 9.96. The van der Waals surface area contributed by atoms with Crippen LogP contribution >= 0.6 is 47.8 Å². The number of halogens is 3. The summed E-state index contributed by atoms with van der Waals surface area (Å²) in [5, 5.41) is 0. The fourth-order valence-corrected chi connectivity index (χ4v) is 3.64. The number of hydrogen-bond donors (Lipinski definition) is 0. The van der Waals surface area contributed by atoms with Crippen molar-refractivity contribution in [3.8, 4) is 0 Å². The second-order valence-corrected chi connectivity index (χ2v) is 7.13. The van der Waals surface area contributed by atoms with Gasteiger partial charge in [0.1, 0.15) is 0 Å². The summed E-state index contributed by atoms with van der Waals surface area (Å²) < 4.78 is 2.30. The van der Waals surface area contributed by atoms with Crippen molar-refractivity contribution < 1.29 is 0 Å². The van der Waals surface area contributed by atoms with Gasteiger partial charge in [-0.2, -0.15) is 0 Å². The van der Waals surface area contributed by atoms with Gasteiger partial charge in [-0.3, -0.25) is 0 Å². The van der Waals surface area contributed by atoms with Crippen molar-refractivity contribution >= 4 is 47.8 Å². The van der Waals surface area contributed by atoms with Gasteiger partial charge in [0.15, 0.2) is 0 Å². The molecule has 0 radical (unpaired) electrons. The van der Waals surface area contributed by atoms with Crippen molar-refractivity contribution in [2.45, 2.75) is 18.2 Å². The molecule has 0 aliphatic rings. The van der Waals surface area contributed by atoms with Crippen LogP contribution in [0.2, 0.25) is 0 Å². The van der Waals surface area contributed by atoms with Crippen LogP contribution in [0.1, 0.15) is 21.5 Å². The van der Waals surface area contributed by atoms with Gasteiger partial charge in [-0.25, -0.2) is 0 Å². The highest BCUT2D eigenvalue weighted by atomic mass is 79.9. The number of hydrogen-bond acceptors (Lipinski definition) is 0. The van der Waals surface area contributed by atoms with E-state index in [2.05, 4.69) is 97.2 Å². The molecule has 0 heterocycles. The smallest absolute Gasteiger partial charge is 0.0438 e. The van der Waals surface area contributed by atoms with Crippen LogP contribution < -0.4 is 0 Å². The van der Waals surface area contributed by atoms with Gasteiger partial charge in [-0.05, 0) is 48.2 Å². The van der Waals surface area contributed by atoms with Gasteiger partial charge in [0, 0.05) is 13.8 Å². The molecule has 0 aliphatic heterocycles. The molecule has 0 nitrogen and oxygen atoms in total. The van der Waals surface area contributed by atoms with Gasteiger partial charge in [0.25, 0.3) is 0 Å². The monoisotopic (exact) mass is 430 g/mol. The summed E-state index contributed by atoms with van der Waals surface area (Å²) in [5.41, 5.74) is 3.96. The summed E-state index contributed by atoms with van der Waals surface area (Å²) >= 11 is 10.9. The lowest BCUT2D eigenvalue weighted by atomic mass is 10.0. The zero-order chi connectivity index (χ0) is 13.1. The molecule has 0 fully saturated rings. The Kier molecular flexibility index (Phi) is 5.05. The predicted molar refractivity (Wildman–Crippen MR) is 88.4 cm³/mol. The van der Waals surface area contributed by atoms with Crippen LogP contribution in [0, 0.1) is 6.92 Å². The summed E-state index contributed by atoms with van der Waals surface area (Å²) in [5.74, 6) is 0. The van der Waals surface area contributed by atoms with Gasteiger partial charge in [0.2, 0.25) is 0 Å². The largest absolute Gasteiger partial charge is 0.0835 e. The Morgan fingerprint density at radius 1 is 1.06 bits per heavy atom. The Labute approximate surface area is 133 Å². The maximum Gasteiger partial charge on any atom is 0.0438 e. The summed E-state index contributed by atoms with van der Waals surface area (Å²) in [7, 11) is 0. The molecule has 0 N–H and O–H groups in total. The highest BCUT2D eigenvalue weighted by Gasteiger charge is 2.12. The molecule has 0 bridgehead atoms. The minimum absolute atomic E-state index is 0.337. The Morgan fingerprint density at radius 3 is 2.50 bits per heavy atom. The molecule has 2 aromatic rings. The Balaban J connectivity index is 2.22. The molecular weight excluding hydrogens is 420 g/mol. The van der Waals surface area contributed by atoms with Gasteiger partial charge in [-0.1, -0.05) is 72.1 Å². The molecule has 1 atom stereocenters. The Hall–Kier alpha value is -0.120. The van der Waals surface area contributed by atoms with E-state index in [9.17, 15) is 0 Å². The molecule has 3 heteroatoms. The average Bonchev–Trinajstić information content (AvgIpc) is 2.32. The molecule has 2 aromatic carbocycles.